The van der Waals surface area contributed by atoms with Gasteiger partial charge in [0.15, 0.2) is 0 Å². The van der Waals surface area contributed by atoms with E-state index in [1.54, 1.807) is 0 Å². The third-order valence-corrected chi connectivity index (χ3v) is 5.11. The van der Waals surface area contributed by atoms with Gasteiger partial charge in [0.25, 0.3) is 0 Å². The second-order valence-electron chi connectivity index (χ2n) is 7.82. The first-order chi connectivity index (χ1) is 10.4. The summed E-state index contributed by atoms with van der Waals surface area (Å²) < 4.78 is 6.03. The summed E-state index contributed by atoms with van der Waals surface area (Å²) in [6.07, 6.45) is 3.81. The molecule has 2 heterocycles. The van der Waals surface area contributed by atoms with E-state index in [9.17, 15) is 0 Å². The van der Waals surface area contributed by atoms with Crippen LogP contribution in [0.5, 0.6) is 5.75 Å². The van der Waals surface area contributed by atoms with Crippen molar-refractivity contribution in [2.75, 3.05) is 25.0 Å². The van der Waals surface area contributed by atoms with Gasteiger partial charge >= 0.3 is 0 Å². The van der Waals surface area contributed by atoms with Gasteiger partial charge in [-0.15, -0.1) is 0 Å². The molecule has 0 saturated carbocycles. The van der Waals surface area contributed by atoms with Crippen LogP contribution in [0.15, 0.2) is 18.2 Å². The maximum absolute atomic E-state index is 6.03. The molecule has 0 aromatic heterocycles. The molecule has 1 N–H and O–H groups in total. The third kappa shape index (κ3) is 3.57. The lowest BCUT2D eigenvalue weighted by atomic mass is 9.96. The molecule has 1 aromatic rings. The zero-order valence-corrected chi connectivity index (χ0v) is 14.5. The molecule has 1 saturated heterocycles. The van der Waals surface area contributed by atoms with Crippen LogP contribution < -0.4 is 10.1 Å². The quantitative estimate of drug-likeness (QED) is 0.915. The Bertz CT molecular complexity index is 518. The van der Waals surface area contributed by atoms with Gasteiger partial charge in [0.05, 0.1) is 12.2 Å². The predicted molar refractivity (Wildman–Crippen MR) is 92.8 cm³/mol. The van der Waals surface area contributed by atoms with Crippen molar-refractivity contribution in [1.29, 1.82) is 0 Å². The van der Waals surface area contributed by atoms with Crippen molar-refractivity contribution < 1.29 is 4.74 Å². The number of ether oxygens (including phenoxy) is 1. The summed E-state index contributed by atoms with van der Waals surface area (Å²) in [5.41, 5.74) is 2.43. The fraction of sp³-hybridized carbons (Fsp3) is 0.684. The fourth-order valence-corrected chi connectivity index (χ4v) is 3.51. The van der Waals surface area contributed by atoms with Gasteiger partial charge in [-0.2, -0.15) is 0 Å². The number of nitrogens with one attached hydrogen (secondary N) is 1. The summed E-state index contributed by atoms with van der Waals surface area (Å²) in [4.78, 5) is 2.65. The number of nitrogens with zero attached hydrogens (tertiary/aromatic N) is 1. The molecule has 3 heteroatoms. The van der Waals surface area contributed by atoms with Crippen LogP contribution in [0, 0.1) is 5.92 Å². The lowest BCUT2D eigenvalue weighted by Crippen LogP contribution is -2.41. The van der Waals surface area contributed by atoms with Crippen molar-refractivity contribution in [2.45, 2.75) is 58.6 Å². The normalized spacial score (nSPS) is 23.3. The highest BCUT2D eigenvalue weighted by atomic mass is 16.5. The molecular weight excluding hydrogens is 272 g/mol. The Morgan fingerprint density at radius 1 is 1.32 bits per heavy atom. The largest absolute Gasteiger partial charge is 0.484 e. The minimum Gasteiger partial charge on any atom is -0.484 e. The molecule has 0 spiro atoms. The third-order valence-electron chi connectivity index (χ3n) is 5.11. The Morgan fingerprint density at radius 2 is 2.05 bits per heavy atom. The van der Waals surface area contributed by atoms with Gasteiger partial charge in [0.1, 0.15) is 11.4 Å². The molecule has 22 heavy (non-hydrogen) atoms. The van der Waals surface area contributed by atoms with Crippen molar-refractivity contribution in [2.24, 2.45) is 5.92 Å². The highest BCUT2D eigenvalue weighted by molar-refractivity contribution is 5.60. The molecule has 2 aliphatic heterocycles. The first-order valence-corrected chi connectivity index (χ1v) is 8.73. The zero-order chi connectivity index (χ0) is 15.7. The first kappa shape index (κ1) is 15.7. The van der Waals surface area contributed by atoms with Gasteiger partial charge in [0.2, 0.25) is 0 Å². The topological polar surface area (TPSA) is 24.5 Å². The molecule has 122 valence electrons. The van der Waals surface area contributed by atoms with E-state index in [0.717, 1.165) is 30.3 Å². The average molecular weight is 302 g/mol. The molecule has 2 aliphatic rings. The van der Waals surface area contributed by atoms with E-state index in [-0.39, 0.29) is 5.60 Å². The number of rotatable bonds is 3. The molecule has 0 amide bonds. The van der Waals surface area contributed by atoms with E-state index >= 15 is 0 Å². The predicted octanol–water partition coefficient (Wildman–Crippen LogP) is 3.93. The van der Waals surface area contributed by atoms with Crippen LogP contribution in [0.2, 0.25) is 0 Å². The number of hydrogen-bond acceptors (Lipinski definition) is 3. The molecule has 3 rings (SSSR count). The smallest absolute Gasteiger partial charge is 0.143 e. The number of piperidine rings is 1. The summed E-state index contributed by atoms with van der Waals surface area (Å²) in [5.74, 6) is 1.89. The number of hydrogen-bond donors (Lipinski definition) is 1. The molecular formula is C19H30N2O. The number of fused-ring (bicyclic) bond motifs is 1. The van der Waals surface area contributed by atoms with Gasteiger partial charge < -0.3 is 15.0 Å². The molecule has 0 bridgehead atoms. The summed E-state index contributed by atoms with van der Waals surface area (Å²) in [6, 6.07) is 7.24. The van der Waals surface area contributed by atoms with E-state index < -0.39 is 0 Å². The summed E-state index contributed by atoms with van der Waals surface area (Å²) in [5, 5.41) is 3.51. The van der Waals surface area contributed by atoms with Crippen molar-refractivity contribution in [1.82, 2.24) is 4.90 Å². The Hall–Kier alpha value is -1.22. The lowest BCUT2D eigenvalue weighted by Gasteiger charge is -2.36. The Kier molecular flexibility index (Phi) is 4.35. The number of likely N-dealkylation sites (tertiary alicyclic amines) is 1. The van der Waals surface area contributed by atoms with Crippen molar-refractivity contribution in [3.05, 3.63) is 23.8 Å². The molecule has 0 radical (unpaired) electrons. The van der Waals surface area contributed by atoms with Crippen LogP contribution in [0.25, 0.3) is 0 Å². The lowest BCUT2D eigenvalue weighted by molar-refractivity contribution is 0.116. The highest BCUT2D eigenvalue weighted by Crippen LogP contribution is 2.34. The minimum absolute atomic E-state index is 0.119. The maximum Gasteiger partial charge on any atom is 0.143 e. The SMILES string of the molecule is CC1CCN(C(C)Cc2ccc3c(c2)NCC(C)(C)O3)CC1. The second-order valence-corrected chi connectivity index (χ2v) is 7.82. The number of anilines is 1. The van der Waals surface area contributed by atoms with Crippen LogP contribution in [0.1, 0.15) is 46.1 Å². The summed E-state index contributed by atoms with van der Waals surface area (Å²) >= 11 is 0. The van der Waals surface area contributed by atoms with Crippen LogP contribution in [0.3, 0.4) is 0 Å². The standard InChI is InChI=1S/C19H30N2O/c1-14-7-9-21(10-8-14)15(2)11-16-5-6-18-17(12-16)20-13-19(3,4)22-18/h5-6,12,14-15,20H,7-11,13H2,1-4H3. The van der Waals surface area contributed by atoms with Crippen LogP contribution >= 0.6 is 0 Å². The molecule has 0 aliphatic carbocycles. The van der Waals surface area contributed by atoms with Crippen LogP contribution in [-0.2, 0) is 6.42 Å². The van der Waals surface area contributed by atoms with Crippen molar-refractivity contribution in [3.63, 3.8) is 0 Å². The minimum atomic E-state index is -0.119. The van der Waals surface area contributed by atoms with Crippen molar-refractivity contribution >= 4 is 5.69 Å². The van der Waals surface area contributed by atoms with E-state index in [0.29, 0.717) is 6.04 Å². The molecule has 1 fully saturated rings. The Labute approximate surface area is 135 Å². The first-order valence-electron chi connectivity index (χ1n) is 8.73. The van der Waals surface area contributed by atoms with E-state index in [1.807, 2.05) is 0 Å². The Balaban J connectivity index is 1.64. The van der Waals surface area contributed by atoms with Crippen LogP contribution in [-0.4, -0.2) is 36.2 Å². The second kappa shape index (κ2) is 6.11. The van der Waals surface area contributed by atoms with E-state index in [1.165, 1.54) is 31.5 Å². The summed E-state index contributed by atoms with van der Waals surface area (Å²) in [6.45, 7) is 12.3. The average Bonchev–Trinajstić information content (AvgIpc) is 2.47. The molecule has 1 aromatic carbocycles. The van der Waals surface area contributed by atoms with Crippen LogP contribution in [0.4, 0.5) is 5.69 Å². The molecule has 1 unspecified atom stereocenters. The van der Waals surface area contributed by atoms with Gasteiger partial charge in [-0.05, 0) is 76.7 Å². The van der Waals surface area contributed by atoms with E-state index in [2.05, 4.69) is 56.1 Å². The molecule has 1 atom stereocenters. The summed E-state index contributed by atoms with van der Waals surface area (Å²) in [7, 11) is 0. The van der Waals surface area contributed by atoms with E-state index in [4.69, 9.17) is 4.74 Å². The van der Waals surface area contributed by atoms with Gasteiger partial charge in [-0.25, -0.2) is 0 Å². The van der Waals surface area contributed by atoms with Gasteiger partial charge in [-0.3, -0.25) is 0 Å². The fourth-order valence-electron chi connectivity index (χ4n) is 3.51. The van der Waals surface area contributed by atoms with Crippen molar-refractivity contribution in [3.8, 4) is 5.75 Å². The Morgan fingerprint density at radius 3 is 2.77 bits per heavy atom. The maximum atomic E-state index is 6.03. The molecule has 3 nitrogen and oxygen atoms in total. The monoisotopic (exact) mass is 302 g/mol. The van der Waals surface area contributed by atoms with Gasteiger partial charge in [-0.1, -0.05) is 13.0 Å². The number of benzene rings is 1. The highest BCUT2D eigenvalue weighted by Gasteiger charge is 2.26. The zero-order valence-electron chi connectivity index (χ0n) is 14.5. The van der Waals surface area contributed by atoms with Gasteiger partial charge in [0, 0.05) is 6.04 Å².